The average molecular weight is 448 g/mol. The van der Waals surface area contributed by atoms with Crippen molar-refractivity contribution in [1.82, 2.24) is 4.98 Å². The van der Waals surface area contributed by atoms with Gasteiger partial charge in [-0.2, -0.15) is 0 Å². The van der Waals surface area contributed by atoms with Gasteiger partial charge in [-0.15, -0.1) is 0 Å². The quantitative estimate of drug-likeness (QED) is 0.417. The first-order valence-corrected chi connectivity index (χ1v) is 11.4. The highest BCUT2D eigenvalue weighted by Crippen LogP contribution is 2.25. The molecule has 2 aromatic carbocycles. The molecule has 0 unspecified atom stereocenters. The zero-order valence-electron chi connectivity index (χ0n) is 15.5. The molecule has 0 aliphatic carbocycles. The number of anilines is 2. The molecule has 156 valence electrons. The van der Waals surface area contributed by atoms with Gasteiger partial charge in [-0.1, -0.05) is 12.1 Å². The van der Waals surface area contributed by atoms with Crippen molar-refractivity contribution in [2.45, 2.75) is 16.7 Å². The number of hydrogen-bond donors (Lipinski definition) is 2. The summed E-state index contributed by atoms with van der Waals surface area (Å²) in [4.78, 5) is 13.8. The highest BCUT2D eigenvalue weighted by atomic mass is 32.2. The first-order valence-electron chi connectivity index (χ1n) is 8.40. The third-order valence-corrected chi connectivity index (χ3v) is 6.89. The van der Waals surface area contributed by atoms with Gasteiger partial charge in [0, 0.05) is 24.0 Å². The van der Waals surface area contributed by atoms with Crippen LogP contribution in [-0.4, -0.2) is 26.7 Å². The van der Waals surface area contributed by atoms with Crippen molar-refractivity contribution >= 4 is 37.2 Å². The topological polar surface area (TPSA) is 148 Å². The number of sulfonamides is 2. The fourth-order valence-corrected chi connectivity index (χ4v) is 4.86. The Balaban J connectivity index is 1.83. The lowest BCUT2D eigenvalue weighted by Gasteiger charge is -2.11. The highest BCUT2D eigenvalue weighted by Gasteiger charge is 2.21. The molecule has 0 saturated carbocycles. The molecule has 1 aromatic heterocycles. The van der Waals surface area contributed by atoms with Crippen LogP contribution in [0.4, 0.5) is 17.2 Å². The number of nitro benzene ring substituents is 1. The summed E-state index contributed by atoms with van der Waals surface area (Å²) in [7, 11) is -8.04. The molecule has 0 amide bonds. The molecule has 3 aromatic rings. The number of hydrogen-bond acceptors (Lipinski definition) is 7. The van der Waals surface area contributed by atoms with E-state index in [0.29, 0.717) is 5.56 Å². The molecule has 3 rings (SSSR count). The lowest BCUT2D eigenvalue weighted by Crippen LogP contribution is -2.16. The monoisotopic (exact) mass is 448 g/mol. The highest BCUT2D eigenvalue weighted by molar-refractivity contribution is 7.93. The normalized spacial score (nSPS) is 11.6. The van der Waals surface area contributed by atoms with E-state index in [4.69, 9.17) is 0 Å². The van der Waals surface area contributed by atoms with E-state index in [9.17, 15) is 26.9 Å². The lowest BCUT2D eigenvalue weighted by molar-refractivity contribution is -0.385. The van der Waals surface area contributed by atoms with Crippen LogP contribution in [-0.2, 0) is 20.0 Å². The van der Waals surface area contributed by atoms with Crippen LogP contribution >= 0.6 is 0 Å². The van der Waals surface area contributed by atoms with E-state index in [1.165, 1.54) is 55.6 Å². The van der Waals surface area contributed by atoms with Gasteiger partial charge < -0.3 is 0 Å². The molecule has 1 heterocycles. The molecular formula is C18H16N4O6S2. The van der Waals surface area contributed by atoms with Crippen LogP contribution in [0.5, 0.6) is 0 Å². The smallest absolute Gasteiger partial charge is 0.270 e. The summed E-state index contributed by atoms with van der Waals surface area (Å²) in [6.45, 7) is 1.51. The Bertz CT molecular complexity index is 1290. The van der Waals surface area contributed by atoms with Gasteiger partial charge in [0.15, 0.2) is 0 Å². The summed E-state index contributed by atoms with van der Waals surface area (Å²) in [5, 5.41) is 10.9. The lowest BCUT2D eigenvalue weighted by atomic mass is 10.2. The molecule has 0 radical (unpaired) electrons. The minimum atomic E-state index is -4.13. The van der Waals surface area contributed by atoms with E-state index < -0.39 is 25.0 Å². The molecule has 30 heavy (non-hydrogen) atoms. The van der Waals surface area contributed by atoms with Crippen LogP contribution in [0.15, 0.2) is 76.7 Å². The van der Waals surface area contributed by atoms with E-state index >= 15 is 0 Å². The first kappa shape index (κ1) is 21.2. The summed E-state index contributed by atoms with van der Waals surface area (Å²) in [5.74, 6) is 0.142. The number of nitrogens with zero attached hydrogens (tertiary/aromatic N) is 2. The molecule has 0 saturated heterocycles. The number of benzene rings is 2. The molecule has 0 atom stereocenters. The van der Waals surface area contributed by atoms with Gasteiger partial charge in [-0.05, 0) is 48.9 Å². The van der Waals surface area contributed by atoms with Gasteiger partial charge in [0.05, 0.1) is 14.7 Å². The number of non-ortho nitro benzene ring substituents is 1. The number of nitro groups is 1. The van der Waals surface area contributed by atoms with Crippen LogP contribution in [0.1, 0.15) is 5.56 Å². The van der Waals surface area contributed by atoms with E-state index in [2.05, 4.69) is 14.4 Å². The van der Waals surface area contributed by atoms with Crippen LogP contribution in [0, 0.1) is 17.0 Å². The van der Waals surface area contributed by atoms with Gasteiger partial charge >= 0.3 is 0 Å². The largest absolute Gasteiger partial charge is 0.280 e. The van der Waals surface area contributed by atoms with E-state index in [1.807, 2.05) is 0 Å². The molecule has 0 spiro atoms. The molecule has 0 aliphatic heterocycles. The third-order valence-electron chi connectivity index (χ3n) is 3.99. The van der Waals surface area contributed by atoms with E-state index in [1.54, 1.807) is 12.1 Å². The fraction of sp³-hybridized carbons (Fsp3) is 0.0556. The van der Waals surface area contributed by atoms with Crippen LogP contribution in [0.25, 0.3) is 0 Å². The molecule has 0 fully saturated rings. The van der Waals surface area contributed by atoms with Crippen molar-refractivity contribution in [2.75, 3.05) is 9.44 Å². The molecule has 0 bridgehead atoms. The standard InChI is InChI=1S/C18H16N4O6S2/c1-13-5-8-15(22(23)24)12-17(13)30(27,28)20-14-6-9-16(10-7-14)29(25,26)21-18-4-2-3-11-19-18/h2-12,20H,1H3,(H,19,21). The van der Waals surface area contributed by atoms with Gasteiger partial charge in [-0.3, -0.25) is 19.6 Å². The minimum absolute atomic E-state index is 0.0948. The Morgan fingerprint density at radius 1 is 0.900 bits per heavy atom. The zero-order chi connectivity index (χ0) is 21.9. The number of aryl methyl sites for hydroxylation is 1. The fourth-order valence-electron chi connectivity index (χ4n) is 2.52. The van der Waals surface area contributed by atoms with Crippen LogP contribution < -0.4 is 9.44 Å². The molecule has 0 aliphatic rings. The van der Waals surface area contributed by atoms with Crippen molar-refractivity contribution in [1.29, 1.82) is 0 Å². The number of pyridine rings is 1. The number of nitrogens with one attached hydrogen (secondary N) is 2. The maximum Gasteiger partial charge on any atom is 0.270 e. The van der Waals surface area contributed by atoms with Crippen molar-refractivity contribution in [3.8, 4) is 0 Å². The van der Waals surface area contributed by atoms with Crippen molar-refractivity contribution < 1.29 is 21.8 Å². The molecule has 12 heteroatoms. The SMILES string of the molecule is Cc1ccc([N+](=O)[O-])cc1S(=O)(=O)Nc1ccc(S(=O)(=O)Nc2ccccn2)cc1. The summed E-state index contributed by atoms with van der Waals surface area (Å²) in [5.41, 5.74) is 0.0626. The summed E-state index contributed by atoms with van der Waals surface area (Å²) in [6.07, 6.45) is 1.44. The minimum Gasteiger partial charge on any atom is -0.280 e. The number of rotatable bonds is 7. The zero-order valence-corrected chi connectivity index (χ0v) is 17.1. The van der Waals surface area contributed by atoms with Crippen LogP contribution in [0.3, 0.4) is 0 Å². The molecular weight excluding hydrogens is 432 g/mol. The van der Waals surface area contributed by atoms with Gasteiger partial charge in [0.25, 0.3) is 25.7 Å². The predicted octanol–water partition coefficient (Wildman–Crippen LogP) is 2.90. The maximum atomic E-state index is 12.6. The summed E-state index contributed by atoms with van der Waals surface area (Å²) >= 11 is 0. The third kappa shape index (κ3) is 4.72. The Kier molecular flexibility index (Phi) is 5.71. The van der Waals surface area contributed by atoms with Gasteiger partial charge in [0.1, 0.15) is 5.82 Å². The van der Waals surface area contributed by atoms with Gasteiger partial charge in [0.2, 0.25) is 0 Å². The molecule has 10 nitrogen and oxygen atoms in total. The summed E-state index contributed by atoms with van der Waals surface area (Å²) < 4.78 is 54.7. The average Bonchev–Trinajstić information content (AvgIpc) is 2.68. The van der Waals surface area contributed by atoms with Crippen molar-refractivity contribution in [2.24, 2.45) is 0 Å². The van der Waals surface area contributed by atoms with Gasteiger partial charge in [-0.25, -0.2) is 21.8 Å². The molecule has 2 N–H and O–H groups in total. The first-order chi connectivity index (χ1) is 14.1. The van der Waals surface area contributed by atoms with Crippen molar-refractivity contribution in [3.63, 3.8) is 0 Å². The van der Waals surface area contributed by atoms with Crippen LogP contribution in [0.2, 0.25) is 0 Å². The Morgan fingerprint density at radius 3 is 2.20 bits per heavy atom. The second-order valence-electron chi connectivity index (χ2n) is 6.16. The second-order valence-corrected chi connectivity index (χ2v) is 9.49. The Morgan fingerprint density at radius 2 is 1.60 bits per heavy atom. The Labute approximate surface area is 172 Å². The Hall–Kier alpha value is -3.51. The van der Waals surface area contributed by atoms with Crippen molar-refractivity contribution in [3.05, 3.63) is 82.5 Å². The van der Waals surface area contributed by atoms with E-state index in [-0.39, 0.29) is 27.0 Å². The maximum absolute atomic E-state index is 12.6. The number of aromatic nitrogens is 1. The second kappa shape index (κ2) is 8.08. The van der Waals surface area contributed by atoms with E-state index in [0.717, 1.165) is 6.07 Å². The predicted molar refractivity (Wildman–Crippen MR) is 110 cm³/mol. The summed E-state index contributed by atoms with van der Waals surface area (Å²) in [6, 6.07) is 13.3.